The van der Waals surface area contributed by atoms with Gasteiger partial charge in [-0.2, -0.15) is 0 Å². The van der Waals surface area contributed by atoms with Crippen LogP contribution in [-0.2, 0) is 0 Å². The average molecular weight is 155 g/mol. The second-order valence-electron chi connectivity index (χ2n) is 4.24. The van der Waals surface area contributed by atoms with E-state index in [2.05, 4.69) is 26.1 Å². The minimum absolute atomic E-state index is 0.802. The van der Waals surface area contributed by atoms with Gasteiger partial charge in [0.1, 0.15) is 0 Å². The molecule has 1 nitrogen and oxygen atoms in total. The lowest BCUT2D eigenvalue weighted by Crippen LogP contribution is -2.42. The summed E-state index contributed by atoms with van der Waals surface area (Å²) in [5.41, 5.74) is 0. The molecule has 0 heterocycles. The first-order valence-corrected chi connectivity index (χ1v) is 4.95. The smallest absolute Gasteiger partial charge is 0.00724 e. The maximum Gasteiger partial charge on any atom is 0.00724 e. The Labute approximate surface area is 70.6 Å². The molecule has 0 aliphatic heterocycles. The van der Waals surface area contributed by atoms with Crippen LogP contribution in [0.1, 0.15) is 40.0 Å². The highest BCUT2D eigenvalue weighted by atomic mass is 14.9. The molecular weight excluding hydrogens is 134 g/mol. The molecule has 1 N–H and O–H groups in total. The first kappa shape index (κ1) is 9.05. The number of hydrogen-bond donors (Lipinski definition) is 1. The second kappa shape index (κ2) is 4.10. The summed E-state index contributed by atoms with van der Waals surface area (Å²) in [6.07, 6.45) is 4.21. The molecule has 11 heavy (non-hydrogen) atoms. The molecule has 66 valence electrons. The molecule has 1 aliphatic carbocycles. The number of rotatable bonds is 4. The van der Waals surface area contributed by atoms with Gasteiger partial charge in [0.15, 0.2) is 0 Å². The highest BCUT2D eigenvalue weighted by molar-refractivity contribution is 4.84. The molecule has 0 aromatic heterocycles. The monoisotopic (exact) mass is 155 g/mol. The molecule has 1 fully saturated rings. The van der Waals surface area contributed by atoms with Gasteiger partial charge >= 0.3 is 0 Å². The van der Waals surface area contributed by atoms with Crippen molar-refractivity contribution in [3.8, 4) is 0 Å². The van der Waals surface area contributed by atoms with Crippen LogP contribution in [0.3, 0.4) is 0 Å². The topological polar surface area (TPSA) is 12.0 Å². The van der Waals surface area contributed by atoms with Gasteiger partial charge in [-0.25, -0.2) is 0 Å². The van der Waals surface area contributed by atoms with E-state index in [0.29, 0.717) is 0 Å². The molecule has 0 aromatic rings. The molecule has 1 aliphatic rings. The lowest BCUT2D eigenvalue weighted by Gasteiger charge is -2.35. The molecule has 0 radical (unpaired) electrons. The van der Waals surface area contributed by atoms with Crippen LogP contribution in [0.25, 0.3) is 0 Å². The third-order valence-corrected chi connectivity index (χ3v) is 2.63. The van der Waals surface area contributed by atoms with Gasteiger partial charge in [0.2, 0.25) is 0 Å². The molecule has 1 rings (SSSR count). The molecule has 1 heteroatoms. The lowest BCUT2D eigenvalue weighted by atomic mass is 9.78. The quantitative estimate of drug-likeness (QED) is 0.657. The van der Waals surface area contributed by atoms with Crippen molar-refractivity contribution in [1.29, 1.82) is 0 Å². The predicted molar refractivity (Wildman–Crippen MR) is 49.6 cm³/mol. The van der Waals surface area contributed by atoms with E-state index in [4.69, 9.17) is 0 Å². The molecule has 0 atom stereocenters. The maximum atomic E-state index is 3.58. The average Bonchev–Trinajstić information content (AvgIpc) is 1.84. The summed E-state index contributed by atoms with van der Waals surface area (Å²) in [6.45, 7) is 8.02. The Morgan fingerprint density at radius 3 is 2.45 bits per heavy atom. The zero-order valence-corrected chi connectivity index (χ0v) is 8.06. The van der Waals surface area contributed by atoms with E-state index >= 15 is 0 Å². The van der Waals surface area contributed by atoms with Crippen molar-refractivity contribution in [3.05, 3.63) is 0 Å². The van der Waals surface area contributed by atoms with Crippen molar-refractivity contribution in [2.75, 3.05) is 6.54 Å². The summed E-state index contributed by atoms with van der Waals surface area (Å²) >= 11 is 0. The summed E-state index contributed by atoms with van der Waals surface area (Å²) in [5.74, 6) is 1.83. The molecular formula is C10H21N. The van der Waals surface area contributed by atoms with Gasteiger partial charge in [0.25, 0.3) is 0 Å². The highest BCUT2D eigenvalue weighted by Gasteiger charge is 2.26. The van der Waals surface area contributed by atoms with E-state index < -0.39 is 0 Å². The molecule has 0 saturated heterocycles. The van der Waals surface area contributed by atoms with Crippen molar-refractivity contribution in [2.45, 2.75) is 46.1 Å². The lowest BCUT2D eigenvalue weighted by molar-refractivity contribution is 0.212. The second-order valence-corrected chi connectivity index (χ2v) is 4.24. The largest absolute Gasteiger partial charge is 0.314 e. The predicted octanol–water partition coefficient (Wildman–Crippen LogP) is 2.42. The molecule has 1 saturated carbocycles. The zero-order chi connectivity index (χ0) is 8.27. The van der Waals surface area contributed by atoms with E-state index in [9.17, 15) is 0 Å². The summed E-state index contributed by atoms with van der Waals surface area (Å²) in [5, 5.41) is 3.58. The number of hydrogen-bond acceptors (Lipinski definition) is 1. The fourth-order valence-corrected chi connectivity index (χ4v) is 1.64. The van der Waals surface area contributed by atoms with Gasteiger partial charge in [-0.15, -0.1) is 0 Å². The molecule has 0 amide bonds. The molecule has 0 spiro atoms. The van der Waals surface area contributed by atoms with E-state index in [0.717, 1.165) is 17.9 Å². The van der Waals surface area contributed by atoms with Crippen LogP contribution in [0.4, 0.5) is 0 Å². The Kier molecular flexibility index (Phi) is 3.38. The Balaban J connectivity index is 1.96. The minimum atomic E-state index is 0.802. The van der Waals surface area contributed by atoms with Crippen molar-refractivity contribution < 1.29 is 0 Å². The van der Waals surface area contributed by atoms with Crippen LogP contribution in [0.15, 0.2) is 0 Å². The van der Waals surface area contributed by atoms with Gasteiger partial charge in [-0.3, -0.25) is 0 Å². The Hall–Kier alpha value is -0.0400. The van der Waals surface area contributed by atoms with Gasteiger partial charge < -0.3 is 5.32 Å². The van der Waals surface area contributed by atoms with Gasteiger partial charge in [0, 0.05) is 6.04 Å². The standard InChI is InChI=1S/C10H21N/c1-4-9-5-10(6-9)11-7-8(2)3/h8-11H,4-7H2,1-3H3/t9-,10-. The Morgan fingerprint density at radius 1 is 1.36 bits per heavy atom. The van der Waals surface area contributed by atoms with E-state index in [1.807, 2.05) is 0 Å². The summed E-state index contributed by atoms with van der Waals surface area (Å²) < 4.78 is 0. The number of nitrogens with one attached hydrogen (secondary N) is 1. The normalized spacial score (nSPS) is 30.5. The zero-order valence-electron chi connectivity index (χ0n) is 8.06. The first-order chi connectivity index (χ1) is 5.22. The Bertz CT molecular complexity index is 103. The fourth-order valence-electron chi connectivity index (χ4n) is 1.64. The van der Waals surface area contributed by atoms with Crippen LogP contribution in [0.5, 0.6) is 0 Å². The van der Waals surface area contributed by atoms with Crippen LogP contribution in [0.2, 0.25) is 0 Å². The summed E-state index contributed by atoms with van der Waals surface area (Å²) in [4.78, 5) is 0. The summed E-state index contributed by atoms with van der Waals surface area (Å²) in [6, 6.07) is 0.849. The van der Waals surface area contributed by atoms with Gasteiger partial charge in [0.05, 0.1) is 0 Å². The van der Waals surface area contributed by atoms with Crippen LogP contribution < -0.4 is 5.32 Å². The maximum absolute atomic E-state index is 3.58. The first-order valence-electron chi connectivity index (χ1n) is 4.95. The van der Waals surface area contributed by atoms with Gasteiger partial charge in [-0.05, 0) is 31.2 Å². The van der Waals surface area contributed by atoms with Crippen molar-refractivity contribution in [2.24, 2.45) is 11.8 Å². The van der Waals surface area contributed by atoms with Crippen molar-refractivity contribution in [3.63, 3.8) is 0 Å². The SMILES string of the molecule is CC[C@H]1C[C@H](NCC(C)C)C1. The molecule has 0 unspecified atom stereocenters. The minimum Gasteiger partial charge on any atom is -0.314 e. The van der Waals surface area contributed by atoms with Crippen LogP contribution in [-0.4, -0.2) is 12.6 Å². The molecule has 0 bridgehead atoms. The van der Waals surface area contributed by atoms with Crippen molar-refractivity contribution in [1.82, 2.24) is 5.32 Å². The van der Waals surface area contributed by atoms with Gasteiger partial charge in [-0.1, -0.05) is 27.2 Å². The summed E-state index contributed by atoms with van der Waals surface area (Å²) in [7, 11) is 0. The third-order valence-electron chi connectivity index (χ3n) is 2.63. The highest BCUT2D eigenvalue weighted by Crippen LogP contribution is 2.29. The van der Waals surface area contributed by atoms with E-state index in [1.165, 1.54) is 25.8 Å². The van der Waals surface area contributed by atoms with Crippen LogP contribution in [0, 0.1) is 11.8 Å². The molecule has 0 aromatic carbocycles. The van der Waals surface area contributed by atoms with E-state index in [-0.39, 0.29) is 0 Å². The van der Waals surface area contributed by atoms with Crippen molar-refractivity contribution >= 4 is 0 Å². The Morgan fingerprint density at radius 2 is 2.00 bits per heavy atom. The fraction of sp³-hybridized carbons (Fsp3) is 1.00. The van der Waals surface area contributed by atoms with Crippen LogP contribution >= 0.6 is 0 Å². The third kappa shape index (κ3) is 2.82. The van der Waals surface area contributed by atoms with E-state index in [1.54, 1.807) is 0 Å².